The number of hydrogen-bond acceptors (Lipinski definition) is 6. The summed E-state index contributed by atoms with van der Waals surface area (Å²) < 4.78 is 10.5. The number of carbonyl (C=O) groups excluding carboxylic acids is 2. The number of halogens is 1. The van der Waals surface area contributed by atoms with E-state index in [0.717, 1.165) is 16.5 Å². The molecule has 1 heterocycles. The molecule has 3 aromatic carbocycles. The lowest BCUT2D eigenvalue weighted by molar-refractivity contribution is -0.128. The fourth-order valence-electron chi connectivity index (χ4n) is 3.67. The minimum Gasteiger partial charge on any atom is -0.495 e. The van der Waals surface area contributed by atoms with Gasteiger partial charge in [-0.2, -0.15) is 0 Å². The molecule has 1 fully saturated rings. The van der Waals surface area contributed by atoms with Crippen molar-refractivity contribution >= 4 is 62.5 Å². The first-order valence-electron chi connectivity index (χ1n) is 10.7. The summed E-state index contributed by atoms with van der Waals surface area (Å²) in [5.74, 6) is 0.00171. The van der Waals surface area contributed by atoms with Crippen molar-refractivity contribution in [3.63, 3.8) is 0 Å². The summed E-state index contributed by atoms with van der Waals surface area (Å²) in [5.41, 5.74) is 1.22. The standard InChI is InChI=1S/C25H24ClN3O4S/c1-32-13-12-29-24(31)22(15-23(30)27-20-14-17(26)10-11-21(20)33-2)34-25(29)28-19-9-5-7-16-6-3-4-8-18(16)19/h3-11,14,22H,12-13,15H2,1-2H3,(H,27,30). The Hall–Kier alpha value is -3.07. The number of nitrogens with one attached hydrogen (secondary N) is 1. The van der Waals surface area contributed by atoms with Gasteiger partial charge in [0.2, 0.25) is 11.8 Å². The van der Waals surface area contributed by atoms with E-state index in [1.165, 1.54) is 18.9 Å². The molecule has 0 aromatic heterocycles. The van der Waals surface area contributed by atoms with Crippen LogP contribution in [-0.4, -0.2) is 54.5 Å². The quantitative estimate of drug-likeness (QED) is 0.468. The van der Waals surface area contributed by atoms with Crippen LogP contribution in [0.15, 0.2) is 65.7 Å². The first kappa shape index (κ1) is 24.1. The van der Waals surface area contributed by atoms with E-state index in [2.05, 4.69) is 5.32 Å². The van der Waals surface area contributed by atoms with Gasteiger partial charge in [0.15, 0.2) is 5.17 Å². The van der Waals surface area contributed by atoms with E-state index in [9.17, 15) is 9.59 Å². The summed E-state index contributed by atoms with van der Waals surface area (Å²) in [4.78, 5) is 32.4. The van der Waals surface area contributed by atoms with Gasteiger partial charge in [-0.3, -0.25) is 14.5 Å². The zero-order valence-corrected chi connectivity index (χ0v) is 20.4. The van der Waals surface area contributed by atoms with Crippen molar-refractivity contribution < 1.29 is 19.1 Å². The molecule has 0 radical (unpaired) electrons. The van der Waals surface area contributed by atoms with Crippen molar-refractivity contribution in [2.24, 2.45) is 4.99 Å². The molecule has 4 rings (SSSR count). The van der Waals surface area contributed by atoms with Gasteiger partial charge in [0.05, 0.1) is 31.6 Å². The topological polar surface area (TPSA) is 80.2 Å². The summed E-state index contributed by atoms with van der Waals surface area (Å²) in [6.07, 6.45) is -0.0167. The predicted octanol–water partition coefficient (Wildman–Crippen LogP) is 5.11. The van der Waals surface area contributed by atoms with E-state index < -0.39 is 5.25 Å². The Morgan fingerprint density at radius 3 is 2.74 bits per heavy atom. The lowest BCUT2D eigenvalue weighted by atomic mass is 10.1. The van der Waals surface area contributed by atoms with Crippen molar-refractivity contribution in [2.45, 2.75) is 11.7 Å². The van der Waals surface area contributed by atoms with E-state index in [-0.39, 0.29) is 18.2 Å². The van der Waals surface area contributed by atoms with E-state index in [1.807, 2.05) is 42.5 Å². The Morgan fingerprint density at radius 2 is 1.94 bits per heavy atom. The van der Waals surface area contributed by atoms with Crippen LogP contribution in [0.2, 0.25) is 5.02 Å². The number of methoxy groups -OCH3 is 2. The summed E-state index contributed by atoms with van der Waals surface area (Å²) in [7, 11) is 3.09. The fraction of sp³-hybridized carbons (Fsp3) is 0.240. The molecule has 0 spiro atoms. The van der Waals surface area contributed by atoms with Crippen LogP contribution in [0.25, 0.3) is 10.8 Å². The second kappa shape index (κ2) is 10.9. The molecular formula is C25H24ClN3O4S. The number of amidine groups is 1. The summed E-state index contributed by atoms with van der Waals surface area (Å²) in [6, 6.07) is 18.8. The molecular weight excluding hydrogens is 474 g/mol. The molecule has 7 nitrogen and oxygen atoms in total. The van der Waals surface area contributed by atoms with Crippen LogP contribution in [0.1, 0.15) is 6.42 Å². The van der Waals surface area contributed by atoms with Gasteiger partial charge in [-0.1, -0.05) is 59.8 Å². The molecule has 0 aliphatic carbocycles. The average molecular weight is 498 g/mol. The predicted molar refractivity (Wildman–Crippen MR) is 137 cm³/mol. The Balaban J connectivity index is 1.56. The number of anilines is 1. The smallest absolute Gasteiger partial charge is 0.242 e. The van der Waals surface area contributed by atoms with Gasteiger partial charge in [-0.25, -0.2) is 4.99 Å². The van der Waals surface area contributed by atoms with Gasteiger partial charge in [-0.05, 0) is 29.7 Å². The third-order valence-corrected chi connectivity index (χ3v) is 6.74. The van der Waals surface area contributed by atoms with Crippen LogP contribution < -0.4 is 10.1 Å². The van der Waals surface area contributed by atoms with Crippen LogP contribution >= 0.6 is 23.4 Å². The van der Waals surface area contributed by atoms with E-state index in [1.54, 1.807) is 30.2 Å². The Bertz CT molecular complexity index is 1240. The Kier molecular flexibility index (Phi) is 7.72. The number of thioether (sulfide) groups is 1. The Morgan fingerprint density at radius 1 is 1.15 bits per heavy atom. The van der Waals surface area contributed by atoms with Crippen molar-refractivity contribution in [2.75, 3.05) is 32.7 Å². The highest BCUT2D eigenvalue weighted by Gasteiger charge is 2.39. The number of fused-ring (bicyclic) bond motifs is 1. The first-order valence-corrected chi connectivity index (χ1v) is 11.9. The van der Waals surface area contributed by atoms with Crippen LogP contribution in [0, 0.1) is 0 Å². The van der Waals surface area contributed by atoms with Crippen molar-refractivity contribution in [1.29, 1.82) is 0 Å². The molecule has 0 saturated carbocycles. The number of nitrogens with zero attached hydrogens (tertiary/aromatic N) is 2. The normalized spacial score (nSPS) is 16.9. The summed E-state index contributed by atoms with van der Waals surface area (Å²) in [6.45, 7) is 0.714. The van der Waals surface area contributed by atoms with Gasteiger partial charge in [0.1, 0.15) is 11.0 Å². The molecule has 176 valence electrons. The molecule has 2 amide bonds. The Labute approximate surface area is 207 Å². The maximum Gasteiger partial charge on any atom is 0.242 e. The number of rotatable bonds is 8. The van der Waals surface area contributed by atoms with Crippen molar-refractivity contribution in [3.05, 3.63) is 65.7 Å². The molecule has 1 saturated heterocycles. The molecule has 1 unspecified atom stereocenters. The van der Waals surface area contributed by atoms with E-state index in [0.29, 0.717) is 34.8 Å². The lowest BCUT2D eigenvalue weighted by Crippen LogP contribution is -2.35. The number of hydrogen-bond donors (Lipinski definition) is 1. The maximum atomic E-state index is 13.2. The second-order valence-corrected chi connectivity index (χ2v) is 9.19. The fourth-order valence-corrected chi connectivity index (χ4v) is 5.02. The van der Waals surface area contributed by atoms with Gasteiger partial charge >= 0.3 is 0 Å². The number of carbonyl (C=O) groups is 2. The maximum absolute atomic E-state index is 13.2. The average Bonchev–Trinajstić information content (AvgIpc) is 3.11. The lowest BCUT2D eigenvalue weighted by Gasteiger charge is -2.16. The molecule has 1 aliphatic rings. The van der Waals surface area contributed by atoms with Crippen LogP contribution in [-0.2, 0) is 14.3 Å². The second-order valence-electron chi connectivity index (χ2n) is 7.58. The number of amides is 2. The van der Waals surface area contributed by atoms with Crippen molar-refractivity contribution in [3.8, 4) is 5.75 Å². The minimum atomic E-state index is -0.601. The highest BCUT2D eigenvalue weighted by molar-refractivity contribution is 8.15. The molecule has 1 atom stereocenters. The summed E-state index contributed by atoms with van der Waals surface area (Å²) in [5, 5.41) is 5.28. The highest BCUT2D eigenvalue weighted by Crippen LogP contribution is 2.34. The zero-order chi connectivity index (χ0) is 24.1. The SMILES string of the molecule is COCCN1C(=O)C(CC(=O)Nc2cc(Cl)ccc2OC)SC1=Nc1cccc2ccccc12. The molecule has 34 heavy (non-hydrogen) atoms. The van der Waals surface area contributed by atoms with E-state index >= 15 is 0 Å². The number of benzene rings is 3. The molecule has 9 heteroatoms. The molecule has 1 aliphatic heterocycles. The van der Waals surface area contributed by atoms with Crippen LogP contribution in [0.5, 0.6) is 5.75 Å². The third kappa shape index (κ3) is 5.35. The molecule has 0 bridgehead atoms. The van der Waals surface area contributed by atoms with Crippen molar-refractivity contribution in [1.82, 2.24) is 4.90 Å². The number of aliphatic imine (C=N–C) groups is 1. The first-order chi connectivity index (χ1) is 16.5. The van der Waals surface area contributed by atoms with Crippen LogP contribution in [0.4, 0.5) is 11.4 Å². The zero-order valence-electron chi connectivity index (χ0n) is 18.8. The van der Waals surface area contributed by atoms with Gasteiger partial charge in [0, 0.05) is 23.9 Å². The van der Waals surface area contributed by atoms with Gasteiger partial charge < -0.3 is 14.8 Å². The molecule has 1 N–H and O–H groups in total. The van der Waals surface area contributed by atoms with Gasteiger partial charge in [0.25, 0.3) is 0 Å². The third-order valence-electron chi connectivity index (χ3n) is 5.33. The van der Waals surface area contributed by atoms with E-state index in [4.69, 9.17) is 26.1 Å². The largest absolute Gasteiger partial charge is 0.495 e. The monoisotopic (exact) mass is 497 g/mol. The van der Waals surface area contributed by atoms with Gasteiger partial charge in [-0.15, -0.1) is 0 Å². The highest BCUT2D eigenvalue weighted by atomic mass is 35.5. The summed E-state index contributed by atoms with van der Waals surface area (Å²) >= 11 is 7.34. The molecule has 3 aromatic rings. The number of ether oxygens (including phenoxy) is 2. The van der Waals surface area contributed by atoms with Crippen LogP contribution in [0.3, 0.4) is 0 Å². The minimum absolute atomic E-state index is 0.0167.